The molecule has 0 aromatic heterocycles. The first-order chi connectivity index (χ1) is 26.5. The predicted octanol–water partition coefficient (Wildman–Crippen LogP) is 13.1. The number of fused-ring (bicyclic) bond motifs is 3. The van der Waals surface area contributed by atoms with Crippen molar-refractivity contribution in [2.75, 3.05) is 9.80 Å². The number of para-hydroxylation sites is 2. The standard InChI is InChI=1S/C51H48N2Si/c1-54(2)50-24-13-12-21-47(50)48-22-14-23-49(51(48)54)53(46-35-29-41(30-36-46)40-15-6-3-7-16-40)45-33-27-39(28-34-45)37-38-25-31-44(32-26-38)52(42-17-8-4-9-18-42)43-19-10-5-11-20-43/h4-5,8-14,17-36,40H,3,6-7,15-16,37H2,1-2H3. The van der Waals surface area contributed by atoms with Gasteiger partial charge < -0.3 is 9.80 Å². The molecule has 7 aromatic carbocycles. The van der Waals surface area contributed by atoms with Gasteiger partial charge in [0.15, 0.2) is 0 Å². The molecule has 1 aliphatic carbocycles. The molecule has 1 saturated carbocycles. The van der Waals surface area contributed by atoms with Crippen molar-refractivity contribution in [1.82, 2.24) is 0 Å². The topological polar surface area (TPSA) is 6.48 Å². The van der Waals surface area contributed by atoms with E-state index in [9.17, 15) is 0 Å². The Labute approximate surface area is 322 Å². The zero-order valence-electron chi connectivity index (χ0n) is 31.5. The molecule has 9 rings (SSSR count). The van der Waals surface area contributed by atoms with Gasteiger partial charge in [0.05, 0.1) is 0 Å². The molecule has 1 aliphatic heterocycles. The molecule has 0 amide bonds. The number of anilines is 6. The van der Waals surface area contributed by atoms with Crippen molar-refractivity contribution in [2.24, 2.45) is 0 Å². The SMILES string of the molecule is C[Si]1(C)c2ccccc2-c2cccc(N(c3ccc(Cc4ccc(N(c5ccccc5)c5ccccc5)cc4)cc3)c3ccc(C4CCCCC4)cc3)c21. The van der Waals surface area contributed by atoms with Crippen LogP contribution in [0.1, 0.15) is 54.7 Å². The highest BCUT2D eigenvalue weighted by atomic mass is 28.3. The first kappa shape index (κ1) is 34.1. The second-order valence-electron chi connectivity index (χ2n) is 15.6. The maximum atomic E-state index is 2.53. The summed E-state index contributed by atoms with van der Waals surface area (Å²) in [6, 6.07) is 65.3. The normalized spacial score (nSPS) is 14.6. The zero-order chi connectivity index (χ0) is 36.5. The van der Waals surface area contributed by atoms with Crippen LogP contribution in [0.4, 0.5) is 34.1 Å². The van der Waals surface area contributed by atoms with Crippen LogP contribution in [0.5, 0.6) is 0 Å². The average Bonchev–Trinajstić information content (AvgIpc) is 3.47. The third-order valence-corrected chi connectivity index (χ3v) is 15.4. The molecule has 1 fully saturated rings. The summed E-state index contributed by atoms with van der Waals surface area (Å²) in [6.45, 7) is 5.05. The molecule has 266 valence electrons. The lowest BCUT2D eigenvalue weighted by Crippen LogP contribution is -2.50. The molecule has 54 heavy (non-hydrogen) atoms. The van der Waals surface area contributed by atoms with E-state index in [4.69, 9.17) is 0 Å². The van der Waals surface area contributed by atoms with Gasteiger partial charge in [-0.25, -0.2) is 0 Å². The van der Waals surface area contributed by atoms with Crippen LogP contribution < -0.4 is 20.2 Å². The molecule has 0 saturated heterocycles. The van der Waals surface area contributed by atoms with Gasteiger partial charge >= 0.3 is 0 Å². The molecule has 1 heterocycles. The quantitative estimate of drug-likeness (QED) is 0.137. The largest absolute Gasteiger partial charge is 0.311 e. The van der Waals surface area contributed by atoms with Crippen molar-refractivity contribution in [3.63, 3.8) is 0 Å². The summed E-state index contributed by atoms with van der Waals surface area (Å²) in [6.07, 6.45) is 7.59. The summed E-state index contributed by atoms with van der Waals surface area (Å²) < 4.78 is 0. The lowest BCUT2D eigenvalue weighted by molar-refractivity contribution is 0.443. The van der Waals surface area contributed by atoms with Gasteiger partial charge in [-0.1, -0.05) is 142 Å². The average molecular weight is 717 g/mol. The third kappa shape index (κ3) is 6.48. The van der Waals surface area contributed by atoms with E-state index in [1.807, 2.05) is 0 Å². The van der Waals surface area contributed by atoms with Crippen LogP contribution in [0.2, 0.25) is 13.1 Å². The fourth-order valence-electron chi connectivity index (χ4n) is 9.13. The number of hydrogen-bond acceptors (Lipinski definition) is 2. The van der Waals surface area contributed by atoms with E-state index in [-0.39, 0.29) is 0 Å². The summed E-state index contributed by atoms with van der Waals surface area (Å²) in [4.78, 5) is 4.85. The summed E-state index contributed by atoms with van der Waals surface area (Å²) in [7, 11) is -1.96. The minimum Gasteiger partial charge on any atom is -0.311 e. The molecule has 0 radical (unpaired) electrons. The fourth-order valence-corrected chi connectivity index (χ4v) is 12.5. The maximum absolute atomic E-state index is 2.53. The number of hydrogen-bond donors (Lipinski definition) is 0. The van der Waals surface area contributed by atoms with E-state index in [1.165, 1.54) is 87.4 Å². The van der Waals surface area contributed by atoms with Crippen LogP contribution in [0.3, 0.4) is 0 Å². The van der Waals surface area contributed by atoms with Crippen LogP contribution in [0, 0.1) is 0 Å². The van der Waals surface area contributed by atoms with Crippen molar-refractivity contribution in [3.05, 3.63) is 193 Å². The van der Waals surface area contributed by atoms with Crippen molar-refractivity contribution in [1.29, 1.82) is 0 Å². The van der Waals surface area contributed by atoms with Gasteiger partial charge in [0.1, 0.15) is 8.07 Å². The Morgan fingerprint density at radius 2 is 0.926 bits per heavy atom. The molecule has 2 aliphatic rings. The highest BCUT2D eigenvalue weighted by Gasteiger charge is 2.40. The van der Waals surface area contributed by atoms with E-state index in [2.05, 4.69) is 199 Å². The predicted molar refractivity (Wildman–Crippen MR) is 233 cm³/mol. The summed E-state index contributed by atoms with van der Waals surface area (Å²) in [5, 5.41) is 3.07. The molecule has 2 nitrogen and oxygen atoms in total. The Balaban J connectivity index is 1.04. The third-order valence-electron chi connectivity index (χ3n) is 11.9. The summed E-state index contributed by atoms with van der Waals surface area (Å²) >= 11 is 0. The van der Waals surface area contributed by atoms with Crippen LogP contribution >= 0.6 is 0 Å². The lowest BCUT2D eigenvalue weighted by atomic mass is 9.84. The molecule has 7 aromatic rings. The Morgan fingerprint density at radius 1 is 0.444 bits per heavy atom. The molecular formula is C51H48N2Si. The van der Waals surface area contributed by atoms with E-state index in [0.717, 1.165) is 23.5 Å². The summed E-state index contributed by atoms with van der Waals surface area (Å²) in [5.41, 5.74) is 14.1. The highest BCUT2D eigenvalue weighted by molar-refractivity contribution is 7.04. The number of rotatable bonds is 9. The molecule has 0 spiro atoms. The molecular weight excluding hydrogens is 669 g/mol. The Bertz CT molecular complexity index is 2300. The van der Waals surface area contributed by atoms with Gasteiger partial charge in [-0.3, -0.25) is 0 Å². The number of benzene rings is 7. The van der Waals surface area contributed by atoms with Crippen molar-refractivity contribution < 1.29 is 0 Å². The molecule has 0 bridgehead atoms. The minimum atomic E-state index is -1.96. The lowest BCUT2D eigenvalue weighted by Gasteiger charge is -2.32. The van der Waals surface area contributed by atoms with E-state index >= 15 is 0 Å². The van der Waals surface area contributed by atoms with Crippen LogP contribution in [-0.2, 0) is 6.42 Å². The Kier molecular flexibility index (Phi) is 9.26. The van der Waals surface area contributed by atoms with Crippen molar-refractivity contribution in [2.45, 2.75) is 57.5 Å². The first-order valence-corrected chi connectivity index (χ1v) is 22.8. The van der Waals surface area contributed by atoms with Gasteiger partial charge in [-0.2, -0.15) is 0 Å². The van der Waals surface area contributed by atoms with Gasteiger partial charge in [0.25, 0.3) is 0 Å². The minimum absolute atomic E-state index is 0.691. The summed E-state index contributed by atoms with van der Waals surface area (Å²) in [5.74, 6) is 0.691. The monoisotopic (exact) mass is 716 g/mol. The Hall–Kier alpha value is -5.64. The van der Waals surface area contributed by atoms with Gasteiger partial charge in [-0.05, 0) is 130 Å². The second kappa shape index (κ2) is 14.6. The zero-order valence-corrected chi connectivity index (χ0v) is 32.5. The number of nitrogens with zero attached hydrogens (tertiary/aromatic N) is 2. The van der Waals surface area contributed by atoms with E-state index in [0.29, 0.717) is 5.92 Å². The van der Waals surface area contributed by atoms with E-state index in [1.54, 1.807) is 0 Å². The molecule has 3 heteroatoms. The molecule has 0 atom stereocenters. The smallest absolute Gasteiger partial charge is 0.116 e. The van der Waals surface area contributed by atoms with Gasteiger partial charge in [0.2, 0.25) is 0 Å². The van der Waals surface area contributed by atoms with Crippen molar-refractivity contribution >= 4 is 52.6 Å². The van der Waals surface area contributed by atoms with Crippen molar-refractivity contribution in [3.8, 4) is 11.1 Å². The van der Waals surface area contributed by atoms with E-state index < -0.39 is 8.07 Å². The maximum Gasteiger partial charge on any atom is 0.116 e. The van der Waals surface area contributed by atoms with Gasteiger partial charge in [0, 0.05) is 34.1 Å². The molecule has 0 N–H and O–H groups in total. The van der Waals surface area contributed by atoms with Crippen LogP contribution in [-0.4, -0.2) is 8.07 Å². The fraction of sp³-hybridized carbons (Fsp3) is 0.176. The first-order valence-electron chi connectivity index (χ1n) is 19.8. The Morgan fingerprint density at radius 3 is 1.52 bits per heavy atom. The van der Waals surface area contributed by atoms with Gasteiger partial charge in [-0.15, -0.1) is 0 Å². The van der Waals surface area contributed by atoms with Crippen LogP contribution in [0.25, 0.3) is 11.1 Å². The second-order valence-corrected chi connectivity index (χ2v) is 19.9. The molecule has 0 unspecified atom stereocenters. The highest BCUT2D eigenvalue weighted by Crippen LogP contribution is 2.41. The van der Waals surface area contributed by atoms with Crippen LogP contribution in [0.15, 0.2) is 176 Å².